The van der Waals surface area contributed by atoms with Gasteiger partial charge in [0.05, 0.1) is 16.7 Å². The highest BCUT2D eigenvalue weighted by molar-refractivity contribution is 7.99. The molecule has 2 atom stereocenters. The molecule has 6 rings (SSSR count). The first-order valence-corrected chi connectivity index (χ1v) is 13.6. The van der Waals surface area contributed by atoms with E-state index in [1.54, 1.807) is 30.1 Å². The first-order valence-electron chi connectivity index (χ1n) is 12.3. The number of rotatable bonds is 7. The number of non-ortho nitro benzene ring substituents is 1. The van der Waals surface area contributed by atoms with Crippen molar-refractivity contribution in [3.05, 3.63) is 143 Å². The minimum absolute atomic E-state index is 0.0819. The Morgan fingerprint density at radius 3 is 2.18 bits per heavy atom. The summed E-state index contributed by atoms with van der Waals surface area (Å²) in [6.07, 6.45) is 3.88. The lowest BCUT2D eigenvalue weighted by atomic mass is 10.0. The Morgan fingerprint density at radius 2 is 1.51 bits per heavy atom. The van der Waals surface area contributed by atoms with E-state index in [1.165, 1.54) is 12.1 Å². The Bertz CT molecular complexity index is 1610. The molecule has 2 aromatic heterocycles. The lowest BCUT2D eigenvalue weighted by molar-refractivity contribution is -0.384. The number of thiocarbonyl (C=S) groups is 1. The van der Waals surface area contributed by atoms with Crippen LogP contribution in [0.15, 0.2) is 131 Å². The zero-order valence-corrected chi connectivity index (χ0v) is 22.3. The van der Waals surface area contributed by atoms with E-state index in [4.69, 9.17) is 12.2 Å². The van der Waals surface area contributed by atoms with Gasteiger partial charge in [0.1, 0.15) is 6.04 Å². The molecule has 9 heteroatoms. The molecule has 0 radical (unpaired) electrons. The van der Waals surface area contributed by atoms with Gasteiger partial charge >= 0.3 is 0 Å². The van der Waals surface area contributed by atoms with Crippen LogP contribution in [0.25, 0.3) is 5.69 Å². The maximum absolute atomic E-state index is 11.0. The quantitative estimate of drug-likeness (QED) is 0.132. The summed E-state index contributed by atoms with van der Waals surface area (Å²) in [7, 11) is 0. The van der Waals surface area contributed by atoms with Gasteiger partial charge in [-0.25, -0.2) is 0 Å². The Hall–Kier alpha value is -4.47. The molecule has 0 unspecified atom stereocenters. The number of hydrogen-bond acceptors (Lipinski definition) is 5. The van der Waals surface area contributed by atoms with Gasteiger partial charge < -0.3 is 14.8 Å². The van der Waals surface area contributed by atoms with E-state index in [0.717, 1.165) is 32.6 Å². The zero-order chi connectivity index (χ0) is 26.8. The van der Waals surface area contributed by atoms with E-state index in [1.807, 2.05) is 48.5 Å². The van der Waals surface area contributed by atoms with Gasteiger partial charge in [-0.05, 0) is 85.0 Å². The summed E-state index contributed by atoms with van der Waals surface area (Å²) < 4.78 is 2.20. The average Bonchev–Trinajstić information content (AvgIpc) is 3.59. The normalized spacial score (nSPS) is 16.7. The Morgan fingerprint density at radius 1 is 0.821 bits per heavy atom. The van der Waals surface area contributed by atoms with Crippen LogP contribution >= 0.6 is 24.0 Å². The largest absolute Gasteiger partial charge is 0.351 e. The maximum atomic E-state index is 11.0. The van der Waals surface area contributed by atoms with Crippen LogP contribution in [0.3, 0.4) is 0 Å². The molecule has 0 aliphatic carbocycles. The van der Waals surface area contributed by atoms with E-state index in [9.17, 15) is 10.1 Å². The predicted octanol–water partition coefficient (Wildman–Crippen LogP) is 7.11. The summed E-state index contributed by atoms with van der Waals surface area (Å²) in [6.45, 7) is 0. The van der Waals surface area contributed by atoms with E-state index >= 15 is 0 Å². The predicted molar refractivity (Wildman–Crippen MR) is 157 cm³/mol. The number of aromatic nitrogens is 2. The number of nitro groups is 1. The van der Waals surface area contributed by atoms with Crippen LogP contribution in [0.2, 0.25) is 0 Å². The number of hydrogen-bond donors (Lipinski definition) is 1. The second-order valence-electron chi connectivity index (χ2n) is 8.98. The number of nitrogens with zero attached hydrogens (tertiary/aromatic N) is 4. The van der Waals surface area contributed by atoms with Gasteiger partial charge in [0.2, 0.25) is 0 Å². The minimum Gasteiger partial charge on any atom is -0.351 e. The smallest absolute Gasteiger partial charge is 0.269 e. The van der Waals surface area contributed by atoms with Gasteiger partial charge in [-0.2, -0.15) is 0 Å². The van der Waals surface area contributed by atoms with Crippen LogP contribution in [-0.4, -0.2) is 19.6 Å². The van der Waals surface area contributed by atoms with Crippen molar-refractivity contribution in [1.82, 2.24) is 14.9 Å². The fourth-order valence-electron chi connectivity index (χ4n) is 4.84. The molecule has 1 aliphatic heterocycles. The molecule has 5 aromatic rings. The van der Waals surface area contributed by atoms with Crippen molar-refractivity contribution in [2.45, 2.75) is 21.9 Å². The van der Waals surface area contributed by atoms with E-state index < -0.39 is 0 Å². The molecule has 1 fully saturated rings. The van der Waals surface area contributed by atoms with Gasteiger partial charge in [-0.1, -0.05) is 36.0 Å². The van der Waals surface area contributed by atoms with E-state index in [0.29, 0.717) is 5.11 Å². The first kappa shape index (κ1) is 24.8. The van der Waals surface area contributed by atoms with Crippen molar-refractivity contribution in [2.24, 2.45) is 0 Å². The minimum atomic E-state index is -0.390. The van der Waals surface area contributed by atoms with Crippen LogP contribution < -0.4 is 10.2 Å². The molecule has 0 bridgehead atoms. The average molecular weight is 550 g/mol. The molecule has 7 nitrogen and oxygen atoms in total. The highest BCUT2D eigenvalue weighted by Crippen LogP contribution is 2.43. The standard InChI is InChI=1S/C30H23N5O2S2/c36-35(37)23-13-17-25(18-14-23)39-24-15-11-22(12-16-24)34-29(28(32-30(34)38)26-9-4-5-19-31-26)27-10-6-20-33(27)21-7-2-1-3-8-21/h1-20,28-29H,(H,32,38)/t28-,29+/m0/s1. The molecule has 1 saturated heterocycles. The lowest BCUT2D eigenvalue weighted by Gasteiger charge is -2.29. The summed E-state index contributed by atoms with van der Waals surface area (Å²) >= 11 is 7.45. The van der Waals surface area contributed by atoms with Crippen LogP contribution in [0.5, 0.6) is 0 Å². The number of nitrogens with one attached hydrogen (secondary N) is 1. The Kier molecular flexibility index (Phi) is 6.83. The fraction of sp³-hybridized carbons (Fsp3) is 0.0667. The summed E-state index contributed by atoms with van der Waals surface area (Å²) in [5, 5.41) is 15.1. The molecule has 0 amide bonds. The van der Waals surface area contributed by atoms with Crippen molar-refractivity contribution in [1.29, 1.82) is 0 Å². The molecule has 0 spiro atoms. The van der Waals surface area contributed by atoms with Gasteiger partial charge in [-0.15, -0.1) is 0 Å². The molecule has 1 aliphatic rings. The molecule has 3 heterocycles. The number of benzene rings is 3. The third kappa shape index (κ3) is 5.01. The highest BCUT2D eigenvalue weighted by Gasteiger charge is 2.42. The zero-order valence-electron chi connectivity index (χ0n) is 20.6. The van der Waals surface area contributed by atoms with Gasteiger partial charge in [-0.3, -0.25) is 15.1 Å². The molecular formula is C30H23N5O2S2. The SMILES string of the molecule is O=[N+]([O-])c1ccc(Sc2ccc(N3C(=S)N[C@@H](c4ccccn4)[C@H]3c3cccn3-c3ccccc3)cc2)cc1. The second kappa shape index (κ2) is 10.7. The Labute approximate surface area is 235 Å². The number of anilines is 1. The molecule has 0 saturated carbocycles. The lowest BCUT2D eigenvalue weighted by Crippen LogP contribution is -2.30. The molecule has 3 aromatic carbocycles. The van der Waals surface area contributed by atoms with Crippen LogP contribution in [0.4, 0.5) is 11.4 Å². The summed E-state index contributed by atoms with van der Waals surface area (Å²) in [5.41, 5.74) is 4.13. The molecule has 39 heavy (non-hydrogen) atoms. The number of para-hydroxylation sites is 1. The van der Waals surface area contributed by atoms with Crippen LogP contribution in [-0.2, 0) is 0 Å². The van der Waals surface area contributed by atoms with Gasteiger partial charge in [0, 0.05) is 51.4 Å². The van der Waals surface area contributed by atoms with Crippen molar-refractivity contribution in [3.8, 4) is 5.69 Å². The van der Waals surface area contributed by atoms with E-state index in [-0.39, 0.29) is 22.7 Å². The summed E-state index contributed by atoms with van der Waals surface area (Å²) in [6, 6.07) is 34.9. The number of pyridine rings is 1. The monoisotopic (exact) mass is 549 g/mol. The van der Waals surface area contributed by atoms with E-state index in [2.05, 4.69) is 62.4 Å². The van der Waals surface area contributed by atoms with Crippen molar-refractivity contribution < 1.29 is 4.92 Å². The van der Waals surface area contributed by atoms with Gasteiger partial charge in [0.25, 0.3) is 5.69 Å². The molecule has 1 N–H and O–H groups in total. The molecule has 192 valence electrons. The Balaban J connectivity index is 1.35. The maximum Gasteiger partial charge on any atom is 0.269 e. The van der Waals surface area contributed by atoms with Crippen molar-refractivity contribution in [2.75, 3.05) is 4.90 Å². The third-order valence-corrected chi connectivity index (χ3v) is 7.94. The topological polar surface area (TPSA) is 76.2 Å². The van der Waals surface area contributed by atoms with Crippen molar-refractivity contribution >= 4 is 40.5 Å². The van der Waals surface area contributed by atoms with Crippen LogP contribution in [0.1, 0.15) is 23.5 Å². The van der Waals surface area contributed by atoms with Gasteiger partial charge in [0.15, 0.2) is 5.11 Å². The fourth-order valence-corrected chi connectivity index (χ4v) is 6.00. The van der Waals surface area contributed by atoms with Crippen molar-refractivity contribution in [3.63, 3.8) is 0 Å². The second-order valence-corrected chi connectivity index (χ2v) is 10.5. The third-order valence-electron chi connectivity index (χ3n) is 6.61. The number of nitro benzene ring substituents is 1. The molecular weight excluding hydrogens is 526 g/mol. The first-order chi connectivity index (χ1) is 19.1. The van der Waals surface area contributed by atoms with Crippen LogP contribution in [0, 0.1) is 10.1 Å². The highest BCUT2D eigenvalue weighted by atomic mass is 32.2. The summed E-state index contributed by atoms with van der Waals surface area (Å²) in [4.78, 5) is 19.3. The summed E-state index contributed by atoms with van der Waals surface area (Å²) in [5.74, 6) is 0.